The monoisotopic (exact) mass is 233 g/mol. The van der Waals surface area contributed by atoms with Gasteiger partial charge >= 0.3 is 28.4 Å². The van der Waals surface area contributed by atoms with Gasteiger partial charge in [-0.25, -0.2) is 4.57 Å². The van der Waals surface area contributed by atoms with E-state index in [1.807, 2.05) is 0 Å². The zero-order valence-corrected chi connectivity index (χ0v) is 6.34. The second kappa shape index (κ2) is 8.11. The van der Waals surface area contributed by atoms with Crippen molar-refractivity contribution in [2.24, 2.45) is 0 Å². The maximum atomic E-state index is 8.88. The average Bonchev–Trinajstić information content (AvgIpc) is 1.36. The van der Waals surface area contributed by atoms with Gasteiger partial charge in [0.05, 0.1) is 0 Å². The molecule has 0 saturated heterocycles. The van der Waals surface area contributed by atoms with Gasteiger partial charge in [0.2, 0.25) is 0 Å². The maximum absolute atomic E-state index is 8.88. The van der Waals surface area contributed by atoms with Crippen molar-refractivity contribution in [3.8, 4) is 0 Å². The molecular formula is H4CuMnO5P. The molecule has 0 aliphatic rings. The van der Waals surface area contributed by atoms with Crippen molar-refractivity contribution in [2.45, 2.75) is 0 Å². The number of hydrogen-bond acceptors (Lipinski definition) is 2. The molecule has 0 amide bonds. The Morgan fingerprint density at radius 1 is 1.12 bits per heavy atom. The van der Waals surface area contributed by atoms with Crippen LogP contribution >= 0.6 is 7.82 Å². The van der Waals surface area contributed by atoms with Crippen LogP contribution < -0.4 is 0 Å². The van der Waals surface area contributed by atoms with Crippen LogP contribution in [0.25, 0.3) is 0 Å². The molecule has 0 spiro atoms. The van der Waals surface area contributed by atoms with E-state index in [-0.39, 0.29) is 17.1 Å². The molecule has 0 rings (SSSR count). The second-order valence-electron chi connectivity index (χ2n) is 0.513. The molecular weight excluding hydrogens is 229 g/mol. The van der Waals surface area contributed by atoms with Gasteiger partial charge in [-0.15, -0.1) is 0 Å². The van der Waals surface area contributed by atoms with Gasteiger partial charge < -0.3 is 14.7 Å². The normalized spacial score (nSPS) is 8.25. The Morgan fingerprint density at radius 3 is 1.12 bits per heavy atom. The predicted molar refractivity (Wildman–Crippen MR) is 16.5 cm³/mol. The summed E-state index contributed by atoms with van der Waals surface area (Å²) in [5.41, 5.74) is 0. The third-order valence-corrected chi connectivity index (χ3v) is 0. The Kier molecular flexibility index (Phi) is 16.3. The molecule has 0 aliphatic heterocycles. The van der Waals surface area contributed by atoms with Gasteiger partial charge in [-0.3, -0.25) is 0 Å². The molecule has 0 bridgehead atoms. The van der Waals surface area contributed by atoms with Gasteiger partial charge in [0.1, 0.15) is 0 Å². The minimum absolute atomic E-state index is 0. The molecule has 0 atom stereocenters. The van der Waals surface area contributed by atoms with Crippen molar-refractivity contribution >= 4 is 7.82 Å². The van der Waals surface area contributed by atoms with Crippen LogP contribution in [0.5, 0.6) is 0 Å². The average molecular weight is 233 g/mol. The molecule has 8 heteroatoms. The Bertz CT molecular complexity index is 58.6. The summed E-state index contributed by atoms with van der Waals surface area (Å²) in [6.45, 7) is 0. The molecule has 0 aromatic rings. The zero-order valence-electron chi connectivity index (χ0n) is 3.32. The predicted octanol–water partition coefficient (Wildman–Crippen LogP) is -1.49. The molecule has 0 aliphatic carbocycles. The number of phosphoric acid groups is 1. The Labute approximate surface area is 65.0 Å². The summed E-state index contributed by atoms with van der Waals surface area (Å²) in [4.78, 5) is 21.6. The topological polar surface area (TPSA) is 98.0 Å². The van der Waals surface area contributed by atoms with E-state index in [1.54, 1.807) is 0 Å². The van der Waals surface area contributed by atoms with Gasteiger partial charge in [-0.2, -0.15) is 0 Å². The third kappa shape index (κ3) is 216. The molecule has 57 valence electrons. The molecule has 8 heavy (non-hydrogen) atoms. The van der Waals surface area contributed by atoms with Crippen LogP contribution in [0.1, 0.15) is 0 Å². The Hall–Kier alpha value is 1.11. The number of hydrogen-bond donors (Lipinski definition) is 4. The first-order valence-electron chi connectivity index (χ1n) is 0.917. The van der Waals surface area contributed by atoms with E-state index in [4.69, 9.17) is 23.4 Å². The SMILES string of the molecule is O=P(O)(O)O.[Mn].[OH][Cu]. The van der Waals surface area contributed by atoms with E-state index in [2.05, 4.69) is 16.3 Å². The fraction of sp³-hybridized carbons (Fsp3) is 0. The summed E-state index contributed by atoms with van der Waals surface area (Å²) in [6.07, 6.45) is 0. The van der Waals surface area contributed by atoms with Crippen LogP contribution in [-0.2, 0) is 38.0 Å². The molecule has 0 aromatic carbocycles. The first-order valence-corrected chi connectivity index (χ1v) is 2.90. The van der Waals surface area contributed by atoms with E-state index >= 15 is 0 Å². The summed E-state index contributed by atoms with van der Waals surface area (Å²) in [5, 5.41) is 0. The van der Waals surface area contributed by atoms with Crippen LogP contribution in [-0.4, -0.2) is 18.9 Å². The fourth-order valence-corrected chi connectivity index (χ4v) is 0. The quantitative estimate of drug-likeness (QED) is 0.302. The van der Waals surface area contributed by atoms with Crippen LogP contribution in [0.3, 0.4) is 0 Å². The van der Waals surface area contributed by atoms with Crippen molar-refractivity contribution in [2.75, 3.05) is 0 Å². The first-order chi connectivity index (χ1) is 3.00. The van der Waals surface area contributed by atoms with Crippen molar-refractivity contribution in [3.63, 3.8) is 0 Å². The molecule has 0 unspecified atom stereocenters. The van der Waals surface area contributed by atoms with E-state index in [1.165, 1.54) is 0 Å². The van der Waals surface area contributed by atoms with E-state index in [0.29, 0.717) is 0 Å². The van der Waals surface area contributed by atoms with Crippen LogP contribution in [0, 0.1) is 0 Å². The van der Waals surface area contributed by atoms with Gasteiger partial charge in [-0.1, -0.05) is 0 Å². The molecule has 0 fully saturated rings. The molecule has 1 radical (unpaired) electrons. The van der Waals surface area contributed by atoms with Gasteiger partial charge in [0.25, 0.3) is 0 Å². The molecule has 0 aromatic heterocycles. The summed E-state index contributed by atoms with van der Waals surface area (Å²) in [7, 11) is -4.64. The molecule has 0 heterocycles. The summed E-state index contributed by atoms with van der Waals surface area (Å²) in [6, 6.07) is 0. The third-order valence-electron chi connectivity index (χ3n) is 0. The molecule has 4 N–H and O–H groups in total. The van der Waals surface area contributed by atoms with Crippen molar-refractivity contribution < 1.29 is 56.8 Å². The zero-order chi connectivity index (χ0) is 6.50. The minimum atomic E-state index is -4.64. The van der Waals surface area contributed by atoms with Crippen molar-refractivity contribution in [1.29, 1.82) is 0 Å². The van der Waals surface area contributed by atoms with Gasteiger partial charge in [-0.05, 0) is 0 Å². The fourth-order valence-electron chi connectivity index (χ4n) is 0. The summed E-state index contributed by atoms with van der Waals surface area (Å²) < 4.78 is 15.4. The Balaban J connectivity index is -0.0000000750. The van der Waals surface area contributed by atoms with Crippen LogP contribution in [0.4, 0.5) is 0 Å². The summed E-state index contributed by atoms with van der Waals surface area (Å²) >= 11 is 3.19. The molecule has 0 saturated carbocycles. The first kappa shape index (κ1) is 16.0. The van der Waals surface area contributed by atoms with Crippen molar-refractivity contribution in [3.05, 3.63) is 0 Å². The standard InChI is InChI=1S/Cu.Mn.H3O4P.H2O/c;;1-5(2,3)4;/h;;(H3,1,2,3,4);1H2/q+1;;;/p-1. The Morgan fingerprint density at radius 2 is 1.12 bits per heavy atom. The van der Waals surface area contributed by atoms with E-state index in [0.717, 1.165) is 0 Å². The van der Waals surface area contributed by atoms with E-state index < -0.39 is 7.82 Å². The second-order valence-corrected chi connectivity index (χ2v) is 1.54. The van der Waals surface area contributed by atoms with Gasteiger partial charge in [0.15, 0.2) is 0 Å². The summed E-state index contributed by atoms with van der Waals surface area (Å²) in [5.74, 6) is 0. The number of rotatable bonds is 0. The van der Waals surface area contributed by atoms with Crippen LogP contribution in [0.2, 0.25) is 0 Å². The van der Waals surface area contributed by atoms with Crippen LogP contribution in [0.15, 0.2) is 0 Å². The van der Waals surface area contributed by atoms with E-state index in [9.17, 15) is 0 Å². The van der Waals surface area contributed by atoms with Crippen molar-refractivity contribution in [1.82, 2.24) is 0 Å². The van der Waals surface area contributed by atoms with Gasteiger partial charge in [0, 0.05) is 17.1 Å². The molecule has 5 nitrogen and oxygen atoms in total.